The Kier molecular flexibility index (Phi) is 6.26. The molecule has 2 amide bonds. The number of hydrogen-bond acceptors (Lipinski definition) is 7. The lowest BCUT2D eigenvalue weighted by Crippen LogP contribution is -2.33. The summed E-state index contributed by atoms with van der Waals surface area (Å²) in [5.41, 5.74) is 2.01. The molecule has 4 aromatic rings. The monoisotopic (exact) mass is 497 g/mol. The molecule has 1 saturated heterocycles. The highest BCUT2D eigenvalue weighted by Gasteiger charge is 2.36. The van der Waals surface area contributed by atoms with Crippen LogP contribution in [0.25, 0.3) is 28.4 Å². The summed E-state index contributed by atoms with van der Waals surface area (Å²) in [6.45, 7) is -0.351. The van der Waals surface area contributed by atoms with Crippen LogP contribution < -0.4 is 10.2 Å². The zero-order valence-corrected chi connectivity index (χ0v) is 19.9. The number of fused-ring (bicyclic) bond motifs is 1. The number of ketones is 1. The number of para-hydroxylation sites is 1. The average molecular weight is 498 g/mol. The van der Waals surface area contributed by atoms with Gasteiger partial charge in [0.05, 0.1) is 23.9 Å². The third-order valence-corrected chi connectivity index (χ3v) is 6.60. The molecule has 1 aliphatic rings. The molecular weight excluding hydrogens is 478 g/mol. The third-order valence-electron chi connectivity index (χ3n) is 5.69. The summed E-state index contributed by atoms with van der Waals surface area (Å²) >= 11 is 0.779. The molecule has 0 aliphatic carbocycles. The number of carbonyl (C=O) groups excluding carboxylic acids is 3. The van der Waals surface area contributed by atoms with E-state index in [1.807, 2.05) is 0 Å². The summed E-state index contributed by atoms with van der Waals surface area (Å²) in [6.07, 6.45) is 1.59. The fraction of sp³-hybridized carbons (Fsp3) is 0.0714. The first-order valence-corrected chi connectivity index (χ1v) is 11.8. The van der Waals surface area contributed by atoms with Crippen LogP contribution in [-0.2, 0) is 4.79 Å². The van der Waals surface area contributed by atoms with Crippen molar-refractivity contribution in [2.45, 2.75) is 0 Å². The number of rotatable bonds is 6. The summed E-state index contributed by atoms with van der Waals surface area (Å²) in [5, 5.41) is -0.0138. The fourth-order valence-electron chi connectivity index (χ4n) is 3.83. The van der Waals surface area contributed by atoms with E-state index in [1.54, 1.807) is 78.9 Å². The Morgan fingerprint density at radius 3 is 2.53 bits per heavy atom. The summed E-state index contributed by atoms with van der Waals surface area (Å²) in [7, 11) is 1.52. The molecule has 1 fully saturated rings. The number of nitrogens with zero attached hydrogens (tertiary/aromatic N) is 1. The van der Waals surface area contributed by atoms with E-state index in [9.17, 15) is 19.2 Å². The highest BCUT2D eigenvalue weighted by Crippen LogP contribution is 2.33. The minimum absolute atomic E-state index is 0.153. The van der Waals surface area contributed by atoms with E-state index >= 15 is 0 Å². The third kappa shape index (κ3) is 4.58. The van der Waals surface area contributed by atoms with Gasteiger partial charge in [-0.2, -0.15) is 0 Å². The van der Waals surface area contributed by atoms with Gasteiger partial charge >= 0.3 is 0 Å². The van der Waals surface area contributed by atoms with Crippen molar-refractivity contribution in [3.63, 3.8) is 0 Å². The lowest BCUT2D eigenvalue weighted by molar-refractivity contribution is -0.122. The second kappa shape index (κ2) is 9.67. The van der Waals surface area contributed by atoms with Crippen LogP contribution in [0.5, 0.6) is 5.75 Å². The highest BCUT2D eigenvalue weighted by molar-refractivity contribution is 8.18. The van der Waals surface area contributed by atoms with Gasteiger partial charge < -0.3 is 9.15 Å². The maximum Gasteiger partial charge on any atom is 0.293 e. The van der Waals surface area contributed by atoms with Crippen molar-refractivity contribution in [1.82, 2.24) is 4.90 Å². The maximum atomic E-state index is 12.9. The zero-order chi connectivity index (χ0) is 25.2. The van der Waals surface area contributed by atoms with E-state index in [1.165, 1.54) is 13.2 Å². The fourth-order valence-corrected chi connectivity index (χ4v) is 4.67. The summed E-state index contributed by atoms with van der Waals surface area (Å²) in [6, 6.07) is 22.0. The Morgan fingerprint density at radius 1 is 0.972 bits per heavy atom. The molecule has 8 heteroatoms. The molecule has 0 spiro atoms. The smallest absolute Gasteiger partial charge is 0.293 e. The molecule has 2 heterocycles. The Labute approximate surface area is 210 Å². The average Bonchev–Trinajstić information content (AvgIpc) is 3.16. The van der Waals surface area contributed by atoms with Crippen LogP contribution in [0.3, 0.4) is 0 Å². The molecule has 1 aliphatic heterocycles. The number of Topliss-reactive ketones (excluding diaryl/α,β-unsaturated/α-hetero) is 1. The van der Waals surface area contributed by atoms with E-state index in [0.717, 1.165) is 16.7 Å². The van der Waals surface area contributed by atoms with Crippen molar-refractivity contribution in [2.24, 2.45) is 0 Å². The first kappa shape index (κ1) is 23.3. The van der Waals surface area contributed by atoms with Gasteiger partial charge in [0, 0.05) is 17.2 Å². The van der Waals surface area contributed by atoms with Gasteiger partial charge in [0.15, 0.2) is 11.2 Å². The number of thioether (sulfide) groups is 1. The SMILES string of the molecule is COc1ccc(C(=O)CN2C(=O)S/C(=C\c3cccc(-c4cc(=O)c5ccccc5o4)c3)C2=O)cc1. The predicted molar refractivity (Wildman–Crippen MR) is 138 cm³/mol. The van der Waals surface area contributed by atoms with Crippen molar-refractivity contribution in [3.05, 3.63) is 105 Å². The van der Waals surface area contributed by atoms with Gasteiger partial charge in [-0.3, -0.25) is 24.1 Å². The van der Waals surface area contributed by atoms with Gasteiger partial charge in [0.2, 0.25) is 0 Å². The van der Waals surface area contributed by atoms with E-state index < -0.39 is 11.1 Å². The number of imide groups is 1. The Bertz CT molecular complexity index is 1600. The second-order valence-electron chi connectivity index (χ2n) is 8.02. The highest BCUT2D eigenvalue weighted by atomic mass is 32.2. The topological polar surface area (TPSA) is 93.9 Å². The molecule has 7 nitrogen and oxygen atoms in total. The molecule has 0 saturated carbocycles. The van der Waals surface area contributed by atoms with E-state index in [0.29, 0.717) is 39.2 Å². The van der Waals surface area contributed by atoms with Gasteiger partial charge in [-0.05, 0) is 65.9 Å². The summed E-state index contributed by atoms with van der Waals surface area (Å²) in [4.78, 5) is 51.7. The standard InChI is InChI=1S/C28H19NO6S/c1-34-20-11-9-18(10-12-20)23(31)16-29-27(32)26(36-28(29)33)14-17-5-4-6-19(13-17)25-15-22(30)21-7-2-3-8-24(21)35-25/h2-15H,16H2,1H3/b26-14-. The predicted octanol–water partition coefficient (Wildman–Crippen LogP) is 5.39. The molecular formula is C28H19NO6S. The lowest BCUT2D eigenvalue weighted by Gasteiger charge is -2.11. The van der Waals surface area contributed by atoms with Gasteiger partial charge in [-0.1, -0.05) is 30.3 Å². The van der Waals surface area contributed by atoms with Gasteiger partial charge in [0.1, 0.15) is 17.1 Å². The van der Waals surface area contributed by atoms with E-state index in [2.05, 4.69) is 0 Å². The molecule has 3 aromatic carbocycles. The molecule has 36 heavy (non-hydrogen) atoms. The van der Waals surface area contributed by atoms with Crippen LogP contribution in [0.2, 0.25) is 0 Å². The van der Waals surface area contributed by atoms with Gasteiger partial charge in [-0.25, -0.2) is 0 Å². The Hall–Kier alpha value is -4.43. The normalized spacial score (nSPS) is 14.6. The quantitative estimate of drug-likeness (QED) is 0.260. The Morgan fingerprint density at radius 2 is 1.75 bits per heavy atom. The minimum atomic E-state index is -0.533. The van der Waals surface area contributed by atoms with Crippen molar-refractivity contribution in [1.29, 1.82) is 0 Å². The summed E-state index contributed by atoms with van der Waals surface area (Å²) < 4.78 is 11.0. The van der Waals surface area contributed by atoms with Crippen molar-refractivity contribution in [3.8, 4) is 17.1 Å². The molecule has 1 aromatic heterocycles. The number of amides is 2. The van der Waals surface area contributed by atoms with E-state index in [4.69, 9.17) is 9.15 Å². The van der Waals surface area contributed by atoms with Gasteiger partial charge in [-0.15, -0.1) is 0 Å². The van der Waals surface area contributed by atoms with Crippen LogP contribution in [0.4, 0.5) is 4.79 Å². The molecule has 0 N–H and O–H groups in total. The van der Waals surface area contributed by atoms with E-state index in [-0.39, 0.29) is 22.7 Å². The number of carbonyl (C=O) groups is 3. The number of ether oxygens (including phenoxy) is 1. The molecule has 0 bridgehead atoms. The first-order valence-electron chi connectivity index (χ1n) is 11.0. The zero-order valence-electron chi connectivity index (χ0n) is 19.1. The molecule has 0 unspecified atom stereocenters. The maximum absolute atomic E-state index is 12.9. The first-order chi connectivity index (χ1) is 17.4. The van der Waals surface area contributed by atoms with Gasteiger partial charge in [0.25, 0.3) is 11.1 Å². The van der Waals surface area contributed by atoms with Crippen LogP contribution in [0.15, 0.2) is 93.0 Å². The number of methoxy groups -OCH3 is 1. The Balaban J connectivity index is 1.38. The number of hydrogen-bond donors (Lipinski definition) is 0. The molecule has 0 atom stereocenters. The van der Waals surface area contributed by atoms with Crippen molar-refractivity contribution < 1.29 is 23.5 Å². The van der Waals surface area contributed by atoms with Crippen LogP contribution >= 0.6 is 11.8 Å². The van der Waals surface area contributed by atoms with Crippen LogP contribution in [0.1, 0.15) is 15.9 Å². The molecule has 178 valence electrons. The summed E-state index contributed by atoms with van der Waals surface area (Å²) in [5.74, 6) is 0.113. The molecule has 0 radical (unpaired) electrons. The van der Waals surface area contributed by atoms with Crippen molar-refractivity contribution >= 4 is 45.7 Å². The lowest BCUT2D eigenvalue weighted by atomic mass is 10.1. The van der Waals surface area contributed by atoms with Crippen LogP contribution in [-0.4, -0.2) is 35.5 Å². The second-order valence-corrected chi connectivity index (χ2v) is 9.01. The largest absolute Gasteiger partial charge is 0.497 e. The molecule has 5 rings (SSSR count). The van der Waals surface area contributed by atoms with Crippen LogP contribution in [0, 0.1) is 0 Å². The minimum Gasteiger partial charge on any atom is -0.497 e. The number of benzene rings is 3. The van der Waals surface area contributed by atoms with Crippen molar-refractivity contribution in [2.75, 3.05) is 13.7 Å².